The molecule has 9 heteroatoms. The molecule has 1 unspecified atom stereocenters. The number of rotatable bonds is 8. The number of hydrogen-bond donors (Lipinski definition) is 2. The van der Waals surface area contributed by atoms with Crippen molar-refractivity contribution in [2.45, 2.75) is 51.6 Å². The average Bonchev–Trinajstić information content (AvgIpc) is 3.44. The lowest BCUT2D eigenvalue weighted by molar-refractivity contribution is 0.250. The fourth-order valence-corrected chi connectivity index (χ4v) is 4.98. The van der Waals surface area contributed by atoms with Gasteiger partial charge in [0.25, 0.3) is 0 Å². The Kier molecular flexibility index (Phi) is 6.67. The quantitative estimate of drug-likeness (QED) is 0.483. The number of carbonyl (C=O) groups excluding carboxylic acids is 1. The first-order chi connectivity index (χ1) is 17.5. The maximum Gasteiger partial charge on any atom is 0.319 e. The number of carbonyl (C=O) groups is 1. The molecular weight excluding hydrogens is 454 g/mol. The van der Waals surface area contributed by atoms with Crippen molar-refractivity contribution in [1.82, 2.24) is 25.5 Å². The van der Waals surface area contributed by atoms with E-state index in [1.807, 2.05) is 50.2 Å². The van der Waals surface area contributed by atoms with Gasteiger partial charge in [-0.25, -0.2) is 4.79 Å². The first-order valence-electron chi connectivity index (χ1n) is 12.3. The molecule has 1 saturated carbocycles. The SMILES string of the molecule is CC(C)NC(=O)Nc1ccc(C2=C(C#N)c3ccc(OCCn4ncnn4)cc3C2C2CCC2)cc1. The largest absolute Gasteiger partial charge is 0.492 e. The standard InChI is InChI=1S/C27H29N7O2/c1-17(2)31-27(35)32-20-8-6-19(7-9-20)26-24(15-28)22-11-10-21(36-13-12-34-30-16-29-33-34)14-23(22)25(26)18-4-3-5-18/h6-11,14,16-18,25H,3-5,12-13H2,1-2H3,(H2,31,32,35). The van der Waals surface area contributed by atoms with Crippen molar-refractivity contribution in [3.05, 3.63) is 65.5 Å². The van der Waals surface area contributed by atoms with Gasteiger partial charge in [0.1, 0.15) is 18.4 Å². The van der Waals surface area contributed by atoms with Crippen molar-refractivity contribution >= 4 is 22.9 Å². The third-order valence-electron chi connectivity index (χ3n) is 6.77. The molecule has 5 rings (SSSR count). The second-order valence-corrected chi connectivity index (χ2v) is 9.53. The third kappa shape index (κ3) is 4.80. The number of nitrogens with zero attached hydrogens (tertiary/aromatic N) is 5. The van der Waals surface area contributed by atoms with Crippen LogP contribution in [0, 0.1) is 17.2 Å². The van der Waals surface area contributed by atoms with E-state index >= 15 is 0 Å². The summed E-state index contributed by atoms with van der Waals surface area (Å²) in [6, 6.07) is 16.1. The van der Waals surface area contributed by atoms with Crippen LogP contribution in [0.15, 0.2) is 48.8 Å². The summed E-state index contributed by atoms with van der Waals surface area (Å²) >= 11 is 0. The first kappa shape index (κ1) is 23.5. The van der Waals surface area contributed by atoms with Crippen LogP contribution in [0.3, 0.4) is 0 Å². The smallest absolute Gasteiger partial charge is 0.319 e. The maximum absolute atomic E-state index is 12.1. The van der Waals surface area contributed by atoms with Crippen LogP contribution < -0.4 is 15.4 Å². The molecule has 1 heterocycles. The van der Waals surface area contributed by atoms with E-state index < -0.39 is 0 Å². The highest BCUT2D eigenvalue weighted by molar-refractivity contribution is 6.05. The summed E-state index contributed by atoms with van der Waals surface area (Å²) < 4.78 is 6.00. The molecule has 2 N–H and O–H groups in total. The molecule has 3 aromatic rings. The molecule has 0 spiro atoms. The van der Waals surface area contributed by atoms with Gasteiger partial charge in [0.05, 0.1) is 12.1 Å². The van der Waals surface area contributed by atoms with Crippen LogP contribution in [-0.2, 0) is 6.54 Å². The van der Waals surface area contributed by atoms with E-state index in [0.29, 0.717) is 24.8 Å². The number of aromatic nitrogens is 4. The lowest BCUT2D eigenvalue weighted by atomic mass is 9.70. The van der Waals surface area contributed by atoms with Gasteiger partial charge in [0, 0.05) is 17.6 Å². The zero-order chi connectivity index (χ0) is 25.1. The Morgan fingerprint density at radius 2 is 2.03 bits per heavy atom. The van der Waals surface area contributed by atoms with Gasteiger partial charge in [0.2, 0.25) is 0 Å². The number of urea groups is 1. The van der Waals surface area contributed by atoms with Crippen LogP contribution >= 0.6 is 0 Å². The maximum atomic E-state index is 12.1. The Hall–Kier alpha value is -4.19. The molecule has 0 aliphatic heterocycles. The zero-order valence-electron chi connectivity index (χ0n) is 20.4. The topological polar surface area (TPSA) is 118 Å². The fraction of sp³-hybridized carbons (Fsp3) is 0.370. The van der Waals surface area contributed by atoms with Crippen LogP contribution in [0.4, 0.5) is 10.5 Å². The highest BCUT2D eigenvalue weighted by Crippen LogP contribution is 2.55. The summed E-state index contributed by atoms with van der Waals surface area (Å²) in [6.07, 6.45) is 4.90. The molecule has 1 aromatic heterocycles. The van der Waals surface area contributed by atoms with E-state index in [9.17, 15) is 10.1 Å². The van der Waals surface area contributed by atoms with E-state index in [2.05, 4.69) is 38.2 Å². The molecule has 2 amide bonds. The van der Waals surface area contributed by atoms with Gasteiger partial charge in [-0.2, -0.15) is 10.1 Å². The third-order valence-corrected chi connectivity index (χ3v) is 6.77. The molecule has 2 aromatic carbocycles. The number of benzene rings is 2. The Labute approximate surface area is 210 Å². The van der Waals surface area contributed by atoms with E-state index in [1.54, 1.807) is 0 Å². The van der Waals surface area contributed by atoms with Crippen LogP contribution in [0.5, 0.6) is 5.75 Å². The van der Waals surface area contributed by atoms with Crippen molar-refractivity contribution in [1.29, 1.82) is 5.26 Å². The fourth-order valence-electron chi connectivity index (χ4n) is 4.98. The average molecular weight is 484 g/mol. The van der Waals surface area contributed by atoms with Crippen molar-refractivity contribution < 1.29 is 9.53 Å². The van der Waals surface area contributed by atoms with Crippen LogP contribution in [0.2, 0.25) is 0 Å². The van der Waals surface area contributed by atoms with Gasteiger partial charge >= 0.3 is 6.03 Å². The lowest BCUT2D eigenvalue weighted by Crippen LogP contribution is -2.34. The van der Waals surface area contributed by atoms with Gasteiger partial charge in [-0.05, 0) is 90.4 Å². The van der Waals surface area contributed by atoms with E-state index in [4.69, 9.17) is 4.74 Å². The number of amides is 2. The molecule has 2 aliphatic rings. The van der Waals surface area contributed by atoms with E-state index in [1.165, 1.54) is 17.5 Å². The zero-order valence-corrected chi connectivity index (χ0v) is 20.4. The van der Waals surface area contributed by atoms with Gasteiger partial charge in [-0.15, -0.1) is 10.2 Å². The summed E-state index contributed by atoms with van der Waals surface area (Å²) in [4.78, 5) is 13.6. The second-order valence-electron chi connectivity index (χ2n) is 9.53. The van der Waals surface area contributed by atoms with Crippen molar-refractivity contribution in [3.8, 4) is 11.8 Å². The minimum atomic E-state index is -0.234. The Morgan fingerprint density at radius 3 is 2.67 bits per heavy atom. The normalized spacial score (nSPS) is 16.9. The Morgan fingerprint density at radius 1 is 1.22 bits per heavy atom. The number of nitriles is 1. The molecule has 36 heavy (non-hydrogen) atoms. The molecule has 1 fully saturated rings. The number of ether oxygens (including phenoxy) is 1. The van der Waals surface area contributed by atoms with Crippen LogP contribution in [-0.4, -0.2) is 38.9 Å². The summed E-state index contributed by atoms with van der Waals surface area (Å²) in [5.74, 6) is 1.41. The molecule has 0 saturated heterocycles. The van der Waals surface area contributed by atoms with Gasteiger partial charge in [0.15, 0.2) is 6.33 Å². The first-order valence-corrected chi connectivity index (χ1v) is 12.3. The van der Waals surface area contributed by atoms with Crippen LogP contribution in [0.1, 0.15) is 55.7 Å². The van der Waals surface area contributed by atoms with E-state index in [-0.39, 0.29) is 18.0 Å². The number of nitrogens with one attached hydrogen (secondary N) is 2. The summed E-state index contributed by atoms with van der Waals surface area (Å²) in [5.41, 5.74) is 5.64. The summed E-state index contributed by atoms with van der Waals surface area (Å²) in [7, 11) is 0. The van der Waals surface area contributed by atoms with Gasteiger partial charge in [-0.3, -0.25) is 0 Å². The van der Waals surface area contributed by atoms with E-state index in [0.717, 1.165) is 46.4 Å². The molecular formula is C27H29N7O2. The second kappa shape index (κ2) is 10.2. The number of tetrazole rings is 1. The predicted octanol–water partition coefficient (Wildman–Crippen LogP) is 4.61. The molecule has 9 nitrogen and oxygen atoms in total. The molecule has 0 radical (unpaired) electrons. The van der Waals surface area contributed by atoms with Crippen molar-refractivity contribution in [2.75, 3.05) is 11.9 Å². The van der Waals surface area contributed by atoms with Crippen molar-refractivity contribution in [2.24, 2.45) is 5.92 Å². The molecule has 184 valence electrons. The van der Waals surface area contributed by atoms with Crippen LogP contribution in [0.25, 0.3) is 11.1 Å². The summed E-state index contributed by atoms with van der Waals surface area (Å²) in [6.45, 7) is 4.77. The lowest BCUT2D eigenvalue weighted by Gasteiger charge is -2.34. The summed E-state index contributed by atoms with van der Waals surface area (Å²) in [5, 5.41) is 27.5. The molecule has 0 bridgehead atoms. The monoisotopic (exact) mass is 483 g/mol. The van der Waals surface area contributed by atoms with Crippen molar-refractivity contribution in [3.63, 3.8) is 0 Å². The highest BCUT2D eigenvalue weighted by atomic mass is 16.5. The number of hydrogen-bond acceptors (Lipinski definition) is 6. The highest BCUT2D eigenvalue weighted by Gasteiger charge is 2.39. The van der Waals surface area contributed by atoms with Gasteiger partial charge in [-0.1, -0.05) is 18.6 Å². The molecule has 2 aliphatic carbocycles. The number of fused-ring (bicyclic) bond motifs is 1. The molecule has 1 atom stereocenters. The van der Waals surface area contributed by atoms with Gasteiger partial charge < -0.3 is 15.4 Å². The Balaban J connectivity index is 1.40. The minimum Gasteiger partial charge on any atom is -0.492 e. The minimum absolute atomic E-state index is 0.0564. The number of anilines is 1. The Bertz CT molecular complexity index is 1300. The number of allylic oxidation sites excluding steroid dienone is 2. The predicted molar refractivity (Wildman–Crippen MR) is 136 cm³/mol.